The van der Waals surface area contributed by atoms with E-state index in [9.17, 15) is 0 Å². The van der Waals surface area contributed by atoms with Crippen LogP contribution in [0.4, 0.5) is 11.4 Å². The van der Waals surface area contributed by atoms with Gasteiger partial charge in [0, 0.05) is 18.2 Å². The van der Waals surface area contributed by atoms with Crippen LogP contribution in [0, 0.1) is 14.9 Å². The van der Waals surface area contributed by atoms with E-state index in [1.807, 2.05) is 30.3 Å². The van der Waals surface area contributed by atoms with Crippen molar-refractivity contribution in [2.24, 2.45) is 0 Å². The summed E-state index contributed by atoms with van der Waals surface area (Å²) in [4.78, 5) is 0. The van der Waals surface area contributed by atoms with E-state index in [0.717, 1.165) is 20.3 Å². The largest absolute Gasteiger partial charge is 0.355 e. The zero-order chi connectivity index (χ0) is 13.1. The van der Waals surface area contributed by atoms with Crippen LogP contribution in [-0.2, 0) is 0 Å². The molecule has 0 atom stereocenters. The van der Waals surface area contributed by atoms with Crippen LogP contribution in [0.15, 0.2) is 45.3 Å². The van der Waals surface area contributed by atoms with E-state index in [-0.39, 0.29) is 0 Å². The summed E-state index contributed by atoms with van der Waals surface area (Å²) >= 11 is 9.16. The van der Waals surface area contributed by atoms with Crippen LogP contribution in [-0.4, -0.2) is 0 Å². The lowest BCUT2D eigenvalue weighted by Gasteiger charge is -2.09. The molecule has 0 aliphatic carbocycles. The zero-order valence-electron chi connectivity index (χ0n) is 9.05. The smallest absolute Gasteiger partial charge is 0.100 e. The average Bonchev–Trinajstić information content (AvgIpc) is 2.33. The molecule has 0 saturated heterocycles. The van der Waals surface area contributed by atoms with Crippen molar-refractivity contribution < 1.29 is 0 Å². The van der Waals surface area contributed by atoms with Gasteiger partial charge in [0.1, 0.15) is 6.07 Å². The number of benzene rings is 2. The average molecular weight is 478 g/mol. The van der Waals surface area contributed by atoms with Crippen molar-refractivity contribution in [2.45, 2.75) is 0 Å². The Balaban J connectivity index is 2.29. The Bertz CT molecular complexity index is 635. The standard InChI is InChI=1S/C13H7Br2IN2/c14-11-6-10(3-1-8(11)7-17)18-13-4-2-9(16)5-12(13)15/h1-6,18H. The summed E-state index contributed by atoms with van der Waals surface area (Å²) in [6.07, 6.45) is 0. The minimum absolute atomic E-state index is 0.627. The second-order valence-electron chi connectivity index (χ2n) is 3.56. The molecular weight excluding hydrogens is 471 g/mol. The minimum Gasteiger partial charge on any atom is -0.355 e. The quantitative estimate of drug-likeness (QED) is 0.585. The second kappa shape index (κ2) is 6.04. The van der Waals surface area contributed by atoms with Gasteiger partial charge in [-0.2, -0.15) is 5.26 Å². The van der Waals surface area contributed by atoms with E-state index < -0.39 is 0 Å². The third kappa shape index (κ3) is 3.25. The number of hydrogen-bond acceptors (Lipinski definition) is 2. The van der Waals surface area contributed by atoms with Gasteiger partial charge in [-0.05, 0) is 90.8 Å². The Morgan fingerprint density at radius 2 is 1.83 bits per heavy atom. The van der Waals surface area contributed by atoms with Gasteiger partial charge in [-0.1, -0.05) is 0 Å². The number of halogens is 3. The van der Waals surface area contributed by atoms with Gasteiger partial charge in [0.25, 0.3) is 0 Å². The van der Waals surface area contributed by atoms with Crippen molar-refractivity contribution in [1.82, 2.24) is 0 Å². The number of nitrogens with zero attached hydrogens (tertiary/aromatic N) is 1. The number of rotatable bonds is 2. The van der Waals surface area contributed by atoms with Gasteiger partial charge < -0.3 is 5.32 Å². The maximum Gasteiger partial charge on any atom is 0.100 e. The molecule has 0 spiro atoms. The lowest BCUT2D eigenvalue weighted by atomic mass is 10.2. The first-order valence-corrected chi connectivity index (χ1v) is 7.68. The third-order valence-electron chi connectivity index (χ3n) is 2.30. The molecule has 2 rings (SSSR count). The molecule has 18 heavy (non-hydrogen) atoms. The molecule has 0 aromatic heterocycles. The van der Waals surface area contributed by atoms with Crippen molar-refractivity contribution in [2.75, 3.05) is 5.32 Å². The normalized spacial score (nSPS) is 9.89. The maximum atomic E-state index is 8.86. The number of nitriles is 1. The summed E-state index contributed by atoms with van der Waals surface area (Å²) < 4.78 is 2.97. The minimum atomic E-state index is 0.627. The summed E-state index contributed by atoms with van der Waals surface area (Å²) in [6, 6.07) is 13.8. The first-order chi connectivity index (χ1) is 8.60. The van der Waals surface area contributed by atoms with E-state index in [1.54, 1.807) is 6.07 Å². The van der Waals surface area contributed by atoms with Gasteiger partial charge in [0.15, 0.2) is 0 Å². The molecule has 0 amide bonds. The molecule has 0 unspecified atom stereocenters. The van der Waals surface area contributed by atoms with Crippen molar-refractivity contribution >= 4 is 65.8 Å². The fraction of sp³-hybridized carbons (Fsp3) is 0. The third-order valence-corrected chi connectivity index (χ3v) is 4.28. The summed E-state index contributed by atoms with van der Waals surface area (Å²) in [6.45, 7) is 0. The molecule has 0 aliphatic rings. The van der Waals surface area contributed by atoms with Gasteiger partial charge >= 0.3 is 0 Å². The molecule has 5 heteroatoms. The number of hydrogen-bond donors (Lipinski definition) is 1. The van der Waals surface area contributed by atoms with Crippen molar-refractivity contribution in [3.63, 3.8) is 0 Å². The highest BCUT2D eigenvalue weighted by atomic mass is 127. The molecular formula is C13H7Br2IN2. The Morgan fingerprint density at radius 1 is 1.06 bits per heavy atom. The summed E-state index contributed by atoms with van der Waals surface area (Å²) in [5.74, 6) is 0. The fourth-order valence-electron chi connectivity index (χ4n) is 1.43. The molecule has 90 valence electrons. The van der Waals surface area contributed by atoms with E-state index in [4.69, 9.17) is 5.26 Å². The Kier molecular flexibility index (Phi) is 4.65. The van der Waals surface area contributed by atoms with Gasteiger partial charge in [-0.25, -0.2) is 0 Å². The van der Waals surface area contributed by atoms with Gasteiger partial charge in [0.2, 0.25) is 0 Å². The van der Waals surface area contributed by atoms with Crippen LogP contribution < -0.4 is 5.32 Å². The number of nitrogens with one attached hydrogen (secondary N) is 1. The van der Waals surface area contributed by atoms with E-state index >= 15 is 0 Å². The summed E-state index contributed by atoms with van der Waals surface area (Å²) in [5.41, 5.74) is 2.55. The first kappa shape index (κ1) is 13.8. The lowest BCUT2D eigenvalue weighted by molar-refractivity contribution is 1.45. The molecule has 2 aromatic rings. The van der Waals surface area contributed by atoms with Gasteiger partial charge in [-0.15, -0.1) is 0 Å². The van der Waals surface area contributed by atoms with Crippen molar-refractivity contribution in [1.29, 1.82) is 5.26 Å². The predicted molar refractivity (Wildman–Crippen MR) is 89.0 cm³/mol. The SMILES string of the molecule is N#Cc1ccc(Nc2ccc(I)cc2Br)cc1Br. The molecule has 0 bridgehead atoms. The van der Waals surface area contributed by atoms with Gasteiger partial charge in [-0.3, -0.25) is 0 Å². The highest BCUT2D eigenvalue weighted by molar-refractivity contribution is 14.1. The van der Waals surface area contributed by atoms with Crippen molar-refractivity contribution in [3.8, 4) is 6.07 Å². The predicted octanol–water partition coefficient (Wildman–Crippen LogP) is 5.43. The Labute approximate surface area is 136 Å². The van der Waals surface area contributed by atoms with E-state index in [2.05, 4.69) is 65.8 Å². The monoisotopic (exact) mass is 476 g/mol. The Morgan fingerprint density at radius 3 is 2.44 bits per heavy atom. The highest BCUT2D eigenvalue weighted by Gasteiger charge is 2.04. The van der Waals surface area contributed by atoms with Gasteiger partial charge in [0.05, 0.1) is 11.3 Å². The summed E-state index contributed by atoms with van der Waals surface area (Å²) in [7, 11) is 0. The molecule has 0 heterocycles. The maximum absolute atomic E-state index is 8.86. The van der Waals surface area contributed by atoms with Crippen LogP contribution in [0.5, 0.6) is 0 Å². The van der Waals surface area contributed by atoms with Crippen LogP contribution in [0.3, 0.4) is 0 Å². The highest BCUT2D eigenvalue weighted by Crippen LogP contribution is 2.29. The fourth-order valence-corrected chi connectivity index (χ4v) is 3.29. The molecule has 2 nitrogen and oxygen atoms in total. The molecule has 0 fully saturated rings. The lowest BCUT2D eigenvalue weighted by Crippen LogP contribution is -1.92. The molecule has 2 aromatic carbocycles. The number of anilines is 2. The first-order valence-electron chi connectivity index (χ1n) is 5.02. The molecule has 0 saturated carbocycles. The second-order valence-corrected chi connectivity index (χ2v) is 6.51. The van der Waals surface area contributed by atoms with Crippen LogP contribution >= 0.6 is 54.5 Å². The Hall–Kier alpha value is -0.580. The van der Waals surface area contributed by atoms with Crippen LogP contribution in [0.25, 0.3) is 0 Å². The van der Waals surface area contributed by atoms with Crippen LogP contribution in [0.2, 0.25) is 0 Å². The topological polar surface area (TPSA) is 35.8 Å². The zero-order valence-corrected chi connectivity index (χ0v) is 14.4. The van der Waals surface area contributed by atoms with Crippen LogP contribution in [0.1, 0.15) is 5.56 Å². The summed E-state index contributed by atoms with van der Waals surface area (Å²) in [5, 5.41) is 12.2. The molecule has 0 aliphatic heterocycles. The molecule has 1 N–H and O–H groups in total. The van der Waals surface area contributed by atoms with E-state index in [1.165, 1.54) is 3.57 Å². The molecule has 0 radical (unpaired) electrons. The van der Waals surface area contributed by atoms with Crippen molar-refractivity contribution in [3.05, 3.63) is 54.5 Å². The van der Waals surface area contributed by atoms with E-state index in [0.29, 0.717) is 5.56 Å².